The van der Waals surface area contributed by atoms with E-state index in [9.17, 15) is 9.18 Å². The Bertz CT molecular complexity index is 1090. The summed E-state index contributed by atoms with van der Waals surface area (Å²) in [7, 11) is 0. The monoisotopic (exact) mass is 401 g/mol. The number of aromatic amines is 1. The third-order valence-corrected chi connectivity index (χ3v) is 5.78. The van der Waals surface area contributed by atoms with Crippen molar-refractivity contribution in [2.24, 2.45) is 0 Å². The first-order valence-electron chi connectivity index (χ1n) is 9.17. The third-order valence-electron chi connectivity index (χ3n) is 5.41. The number of aromatic nitrogens is 4. The van der Waals surface area contributed by atoms with Crippen LogP contribution < -0.4 is 10.5 Å². The molecule has 4 rings (SSSR count). The average Bonchev–Trinajstić information content (AvgIpc) is 3.04. The smallest absolute Gasteiger partial charge is 0.285 e. The van der Waals surface area contributed by atoms with Gasteiger partial charge in [0, 0.05) is 30.9 Å². The summed E-state index contributed by atoms with van der Waals surface area (Å²) in [5.41, 5.74) is 3.29. The molecule has 0 saturated heterocycles. The molecule has 1 aliphatic heterocycles. The van der Waals surface area contributed by atoms with Crippen LogP contribution in [0.25, 0.3) is 0 Å². The molecule has 1 aromatic carbocycles. The molecule has 3 aromatic rings. The van der Waals surface area contributed by atoms with E-state index in [4.69, 9.17) is 11.6 Å². The first-order valence-corrected chi connectivity index (χ1v) is 9.55. The number of H-pyrrole nitrogens is 1. The molecule has 28 heavy (non-hydrogen) atoms. The van der Waals surface area contributed by atoms with Gasteiger partial charge < -0.3 is 9.47 Å². The van der Waals surface area contributed by atoms with Crippen LogP contribution in [0.2, 0.25) is 5.02 Å². The number of rotatable bonds is 3. The van der Waals surface area contributed by atoms with Gasteiger partial charge in [-0.15, -0.1) is 0 Å². The van der Waals surface area contributed by atoms with Crippen molar-refractivity contribution in [2.45, 2.75) is 45.8 Å². The summed E-state index contributed by atoms with van der Waals surface area (Å²) in [6.07, 6.45) is 4.15. The van der Waals surface area contributed by atoms with E-state index in [-0.39, 0.29) is 22.9 Å². The van der Waals surface area contributed by atoms with Crippen molar-refractivity contribution in [3.8, 4) is 0 Å². The summed E-state index contributed by atoms with van der Waals surface area (Å²) in [5, 5.41) is 6.39. The van der Waals surface area contributed by atoms with Crippen molar-refractivity contribution < 1.29 is 4.39 Å². The molecule has 0 radical (unpaired) electrons. The number of fused-ring (bicyclic) bond motifs is 1. The van der Waals surface area contributed by atoms with Gasteiger partial charge in [-0.2, -0.15) is 5.10 Å². The number of nitrogens with zero attached hydrogens (tertiary/aromatic N) is 4. The van der Waals surface area contributed by atoms with Crippen LogP contribution in [-0.2, 0) is 13.0 Å². The van der Waals surface area contributed by atoms with Crippen molar-refractivity contribution in [2.75, 3.05) is 4.90 Å². The Morgan fingerprint density at radius 2 is 2.11 bits per heavy atom. The van der Waals surface area contributed by atoms with Crippen molar-refractivity contribution in [3.63, 3.8) is 0 Å². The minimum absolute atomic E-state index is 0.0760. The van der Waals surface area contributed by atoms with Crippen LogP contribution in [0.3, 0.4) is 0 Å². The van der Waals surface area contributed by atoms with E-state index in [0.717, 1.165) is 22.6 Å². The van der Waals surface area contributed by atoms with Crippen LogP contribution in [0.4, 0.5) is 10.1 Å². The maximum Gasteiger partial charge on any atom is 0.285 e. The lowest BCUT2D eigenvalue weighted by molar-refractivity contribution is 0.412. The molecule has 8 heteroatoms. The van der Waals surface area contributed by atoms with E-state index in [2.05, 4.69) is 31.6 Å². The number of hydrogen-bond donors (Lipinski definition) is 1. The minimum Gasteiger partial charge on any atom is -0.354 e. The lowest BCUT2D eigenvalue weighted by atomic mass is 10.0. The predicted molar refractivity (Wildman–Crippen MR) is 106 cm³/mol. The molecule has 0 amide bonds. The van der Waals surface area contributed by atoms with Crippen LogP contribution >= 0.6 is 11.6 Å². The van der Waals surface area contributed by atoms with Gasteiger partial charge in [0.15, 0.2) is 0 Å². The fraction of sp³-hybridized carbons (Fsp3) is 0.350. The Morgan fingerprint density at radius 1 is 1.32 bits per heavy atom. The second-order valence-corrected chi connectivity index (χ2v) is 7.67. The van der Waals surface area contributed by atoms with E-state index in [1.165, 1.54) is 6.07 Å². The highest BCUT2D eigenvalue weighted by atomic mass is 35.5. The van der Waals surface area contributed by atoms with E-state index in [0.29, 0.717) is 18.7 Å². The number of nitrogens with one attached hydrogen (secondary N) is 1. The molecule has 1 N–H and O–H groups in total. The Hall–Kier alpha value is -2.67. The van der Waals surface area contributed by atoms with E-state index in [1.54, 1.807) is 12.3 Å². The molecule has 0 spiro atoms. The molecule has 0 bridgehead atoms. The maximum atomic E-state index is 13.4. The summed E-state index contributed by atoms with van der Waals surface area (Å²) in [6.45, 7) is 6.75. The summed E-state index contributed by atoms with van der Waals surface area (Å²) in [6, 6.07) is 4.88. The number of aryl methyl sites for hydroxylation is 1. The number of imidazole rings is 1. The Morgan fingerprint density at radius 3 is 2.86 bits per heavy atom. The van der Waals surface area contributed by atoms with Gasteiger partial charge in [0.2, 0.25) is 0 Å². The zero-order valence-corrected chi connectivity index (χ0v) is 16.7. The maximum absolute atomic E-state index is 13.4. The molecule has 2 atom stereocenters. The number of benzene rings is 1. The zero-order valence-electron chi connectivity index (χ0n) is 15.9. The standard InChI is InChI=1S/C20H21ClFN5O/c1-11-6-15(22)5-4-14(11)7-16-8-23-19-13(3)27(12(2)10-26(16)19)17-9-24-25-20(28)18(17)21/h4-6,8-9,12-13H,7,10H2,1-3H3,(H,25,28)/t12-,13+/m1/s1. The fourth-order valence-electron chi connectivity index (χ4n) is 4.02. The topological polar surface area (TPSA) is 66.8 Å². The zero-order chi connectivity index (χ0) is 20.0. The number of anilines is 1. The van der Waals surface area contributed by atoms with Crippen LogP contribution in [0.5, 0.6) is 0 Å². The summed E-state index contributed by atoms with van der Waals surface area (Å²) >= 11 is 6.24. The molecule has 0 fully saturated rings. The van der Waals surface area contributed by atoms with Crippen LogP contribution in [0.1, 0.15) is 42.5 Å². The van der Waals surface area contributed by atoms with Crippen molar-refractivity contribution in [3.05, 3.63) is 74.4 Å². The predicted octanol–water partition coefficient (Wildman–Crippen LogP) is 3.63. The van der Waals surface area contributed by atoms with Gasteiger partial charge in [0.25, 0.3) is 5.56 Å². The quantitative estimate of drug-likeness (QED) is 0.727. The second-order valence-electron chi connectivity index (χ2n) is 7.30. The van der Waals surface area contributed by atoms with Crippen molar-refractivity contribution in [1.29, 1.82) is 0 Å². The Kier molecular flexibility index (Phi) is 4.71. The lowest BCUT2D eigenvalue weighted by Crippen LogP contribution is -2.45. The molecule has 2 aromatic heterocycles. The third kappa shape index (κ3) is 3.09. The number of halogens is 2. The van der Waals surface area contributed by atoms with Gasteiger partial charge >= 0.3 is 0 Å². The molecular formula is C20H21ClFN5O. The Balaban J connectivity index is 1.69. The SMILES string of the molecule is Cc1cc(F)ccc1Cc1cnc2n1C[C@@H](C)N(c1cn[nH]c(=O)c1Cl)[C@H]2C. The fourth-order valence-corrected chi connectivity index (χ4v) is 4.21. The van der Waals surface area contributed by atoms with Crippen LogP contribution in [0, 0.1) is 12.7 Å². The van der Waals surface area contributed by atoms with E-state index in [1.807, 2.05) is 26.1 Å². The first-order chi connectivity index (χ1) is 13.4. The second kappa shape index (κ2) is 7.05. The van der Waals surface area contributed by atoms with Gasteiger partial charge in [0.1, 0.15) is 16.7 Å². The highest BCUT2D eigenvalue weighted by Crippen LogP contribution is 2.36. The molecule has 6 nitrogen and oxygen atoms in total. The van der Waals surface area contributed by atoms with Crippen molar-refractivity contribution in [1.82, 2.24) is 19.7 Å². The minimum atomic E-state index is -0.403. The Labute approximate surface area is 167 Å². The van der Waals surface area contributed by atoms with Crippen LogP contribution in [0.15, 0.2) is 35.4 Å². The first kappa shape index (κ1) is 18.7. The average molecular weight is 402 g/mol. The van der Waals surface area contributed by atoms with Crippen LogP contribution in [-0.4, -0.2) is 25.8 Å². The largest absolute Gasteiger partial charge is 0.354 e. The van der Waals surface area contributed by atoms with E-state index < -0.39 is 5.56 Å². The molecule has 0 aliphatic carbocycles. The summed E-state index contributed by atoms with van der Waals surface area (Å²) in [4.78, 5) is 18.6. The summed E-state index contributed by atoms with van der Waals surface area (Å²) in [5.74, 6) is 0.682. The van der Waals surface area contributed by atoms with Gasteiger partial charge in [-0.05, 0) is 44.0 Å². The van der Waals surface area contributed by atoms with Gasteiger partial charge in [-0.3, -0.25) is 4.79 Å². The molecular weight excluding hydrogens is 381 g/mol. The molecule has 1 aliphatic rings. The lowest BCUT2D eigenvalue weighted by Gasteiger charge is -2.41. The highest BCUT2D eigenvalue weighted by Gasteiger charge is 2.33. The molecule has 3 heterocycles. The van der Waals surface area contributed by atoms with Gasteiger partial charge in [0.05, 0.1) is 17.9 Å². The van der Waals surface area contributed by atoms with Gasteiger partial charge in [-0.25, -0.2) is 14.5 Å². The van der Waals surface area contributed by atoms with Gasteiger partial charge in [-0.1, -0.05) is 17.7 Å². The molecule has 0 saturated carbocycles. The number of hydrogen-bond acceptors (Lipinski definition) is 4. The molecule has 0 unspecified atom stereocenters. The van der Waals surface area contributed by atoms with Crippen molar-refractivity contribution >= 4 is 17.3 Å². The van der Waals surface area contributed by atoms with E-state index >= 15 is 0 Å². The summed E-state index contributed by atoms with van der Waals surface area (Å²) < 4.78 is 15.6. The normalized spacial score (nSPS) is 19.0. The molecule has 146 valence electrons. The highest BCUT2D eigenvalue weighted by molar-refractivity contribution is 6.33.